The molecule has 0 atom stereocenters. The van der Waals surface area contributed by atoms with E-state index >= 15 is 0 Å². The minimum atomic E-state index is 0.431. The smallest absolute Gasteiger partial charge is 0.172 e. The summed E-state index contributed by atoms with van der Waals surface area (Å²) in [6.07, 6.45) is 2.98. The van der Waals surface area contributed by atoms with Crippen LogP contribution in [0.3, 0.4) is 0 Å². The molecule has 1 aliphatic rings. The summed E-state index contributed by atoms with van der Waals surface area (Å²) < 4.78 is 7.40. The van der Waals surface area contributed by atoms with Crippen molar-refractivity contribution in [1.82, 2.24) is 15.0 Å². The van der Waals surface area contributed by atoms with Gasteiger partial charge in [0.1, 0.15) is 18.1 Å². The molecule has 5 nitrogen and oxygen atoms in total. The van der Waals surface area contributed by atoms with Crippen LogP contribution in [0.15, 0.2) is 24.3 Å². The Kier molecular flexibility index (Phi) is 3.69. The Labute approximate surface area is 121 Å². The molecule has 1 aliphatic carbocycles. The van der Waals surface area contributed by atoms with Crippen LogP contribution in [0.4, 0.5) is 0 Å². The average Bonchev–Trinajstić information content (AvgIpc) is 3.22. The van der Waals surface area contributed by atoms with E-state index in [4.69, 9.17) is 16.3 Å². The number of aromatic nitrogens is 3. The van der Waals surface area contributed by atoms with Crippen LogP contribution in [-0.2, 0) is 6.54 Å². The van der Waals surface area contributed by atoms with Crippen molar-refractivity contribution >= 4 is 17.9 Å². The standard InChI is InChI=1S/C14H14ClN3O2/c15-11-3-5-12(6-4-11)20-8-7-18-14(10-1-2-10)13(9-19)16-17-18/h3-6,9-10H,1-2,7-8H2. The summed E-state index contributed by atoms with van der Waals surface area (Å²) >= 11 is 5.81. The molecule has 0 aliphatic heterocycles. The van der Waals surface area contributed by atoms with Crippen molar-refractivity contribution in [1.29, 1.82) is 0 Å². The molecular formula is C14H14ClN3O2. The second kappa shape index (κ2) is 5.63. The van der Waals surface area contributed by atoms with Gasteiger partial charge in [-0.2, -0.15) is 0 Å². The van der Waals surface area contributed by atoms with Gasteiger partial charge in [-0.25, -0.2) is 4.68 Å². The number of carbonyl (C=O) groups excluding carboxylic acids is 1. The highest BCUT2D eigenvalue weighted by molar-refractivity contribution is 6.30. The number of benzene rings is 1. The maximum atomic E-state index is 10.9. The van der Waals surface area contributed by atoms with Crippen LogP contribution in [0, 0.1) is 0 Å². The number of halogens is 1. The molecule has 0 unspecified atom stereocenters. The van der Waals surface area contributed by atoms with Gasteiger partial charge >= 0.3 is 0 Å². The second-order valence-corrected chi connectivity index (χ2v) is 5.21. The van der Waals surface area contributed by atoms with Crippen molar-refractivity contribution in [2.24, 2.45) is 0 Å². The van der Waals surface area contributed by atoms with Crippen LogP contribution in [-0.4, -0.2) is 27.9 Å². The summed E-state index contributed by atoms with van der Waals surface area (Å²) in [5.74, 6) is 1.19. The van der Waals surface area contributed by atoms with E-state index in [2.05, 4.69) is 10.3 Å². The Hall–Kier alpha value is -1.88. The van der Waals surface area contributed by atoms with Gasteiger partial charge in [0.05, 0.1) is 12.2 Å². The maximum absolute atomic E-state index is 10.9. The first kappa shape index (κ1) is 13.1. The highest BCUT2D eigenvalue weighted by Crippen LogP contribution is 2.40. The highest BCUT2D eigenvalue weighted by atomic mass is 35.5. The molecule has 1 fully saturated rings. The predicted octanol–water partition coefficient (Wildman–Crippen LogP) is 2.70. The minimum absolute atomic E-state index is 0.431. The molecule has 0 spiro atoms. The monoisotopic (exact) mass is 291 g/mol. The first-order valence-electron chi connectivity index (χ1n) is 6.55. The number of carbonyl (C=O) groups is 1. The van der Waals surface area contributed by atoms with E-state index in [1.54, 1.807) is 16.8 Å². The van der Waals surface area contributed by atoms with Gasteiger partial charge in [0.15, 0.2) is 6.29 Å². The van der Waals surface area contributed by atoms with Crippen LogP contribution in [0.1, 0.15) is 34.9 Å². The first-order chi connectivity index (χ1) is 9.78. The highest BCUT2D eigenvalue weighted by Gasteiger charge is 2.31. The SMILES string of the molecule is O=Cc1nnn(CCOc2ccc(Cl)cc2)c1C1CC1. The fourth-order valence-electron chi connectivity index (χ4n) is 2.14. The molecule has 1 saturated carbocycles. The first-order valence-corrected chi connectivity index (χ1v) is 6.92. The Morgan fingerprint density at radius 1 is 1.35 bits per heavy atom. The lowest BCUT2D eigenvalue weighted by atomic mass is 10.2. The summed E-state index contributed by atoms with van der Waals surface area (Å²) in [6.45, 7) is 1.05. The molecule has 0 saturated heterocycles. The third kappa shape index (κ3) is 2.82. The largest absolute Gasteiger partial charge is 0.492 e. The summed E-state index contributed by atoms with van der Waals surface area (Å²) in [5, 5.41) is 8.61. The lowest BCUT2D eigenvalue weighted by molar-refractivity contribution is 0.111. The van der Waals surface area contributed by atoms with Gasteiger partial charge in [0, 0.05) is 10.9 Å². The maximum Gasteiger partial charge on any atom is 0.172 e. The summed E-state index contributed by atoms with van der Waals surface area (Å²) in [5.41, 5.74) is 1.40. The second-order valence-electron chi connectivity index (χ2n) is 4.78. The van der Waals surface area contributed by atoms with Gasteiger partial charge in [-0.1, -0.05) is 16.8 Å². The normalized spacial score (nSPS) is 14.2. The molecule has 2 aromatic rings. The summed E-state index contributed by atoms with van der Waals surface area (Å²) in [6, 6.07) is 7.21. The number of ether oxygens (including phenoxy) is 1. The van der Waals surface area contributed by atoms with E-state index in [1.165, 1.54) is 0 Å². The molecule has 0 bridgehead atoms. The number of hydrogen-bond acceptors (Lipinski definition) is 4. The van der Waals surface area contributed by atoms with Crippen LogP contribution < -0.4 is 4.74 Å². The number of aldehydes is 1. The summed E-state index contributed by atoms with van der Waals surface area (Å²) in [4.78, 5) is 10.9. The van der Waals surface area contributed by atoms with E-state index in [9.17, 15) is 4.79 Å². The van der Waals surface area contributed by atoms with Crippen molar-refractivity contribution in [3.63, 3.8) is 0 Å². The molecule has 20 heavy (non-hydrogen) atoms. The Morgan fingerprint density at radius 3 is 2.75 bits per heavy atom. The molecule has 1 aromatic heterocycles. The molecule has 1 heterocycles. The van der Waals surface area contributed by atoms with E-state index in [1.807, 2.05) is 12.1 Å². The zero-order valence-electron chi connectivity index (χ0n) is 10.8. The van der Waals surface area contributed by atoms with Crippen LogP contribution in [0.2, 0.25) is 5.02 Å². The van der Waals surface area contributed by atoms with Crippen LogP contribution >= 0.6 is 11.6 Å². The lowest BCUT2D eigenvalue weighted by Crippen LogP contribution is -2.12. The zero-order chi connectivity index (χ0) is 13.9. The van der Waals surface area contributed by atoms with Crippen molar-refractivity contribution < 1.29 is 9.53 Å². The van der Waals surface area contributed by atoms with E-state index < -0.39 is 0 Å². The van der Waals surface area contributed by atoms with Crippen LogP contribution in [0.25, 0.3) is 0 Å². The van der Waals surface area contributed by atoms with E-state index in [0.29, 0.717) is 29.8 Å². The predicted molar refractivity (Wildman–Crippen MR) is 74.3 cm³/mol. The molecule has 6 heteroatoms. The quantitative estimate of drug-likeness (QED) is 0.768. The van der Waals surface area contributed by atoms with Crippen LogP contribution in [0.5, 0.6) is 5.75 Å². The van der Waals surface area contributed by atoms with Gasteiger partial charge in [0.2, 0.25) is 0 Å². The zero-order valence-corrected chi connectivity index (χ0v) is 11.6. The Bertz CT molecular complexity index is 605. The van der Waals surface area contributed by atoms with Crippen molar-refractivity contribution in [2.45, 2.75) is 25.3 Å². The molecular weight excluding hydrogens is 278 g/mol. The number of rotatable bonds is 6. The average molecular weight is 292 g/mol. The molecule has 0 radical (unpaired) electrons. The third-order valence-corrected chi connectivity index (χ3v) is 3.51. The Balaban J connectivity index is 1.62. The van der Waals surface area contributed by atoms with Crippen molar-refractivity contribution in [3.8, 4) is 5.75 Å². The topological polar surface area (TPSA) is 57.0 Å². The van der Waals surface area contributed by atoms with Crippen molar-refractivity contribution in [3.05, 3.63) is 40.7 Å². The van der Waals surface area contributed by atoms with Gasteiger partial charge in [-0.15, -0.1) is 5.10 Å². The molecule has 0 N–H and O–H groups in total. The molecule has 3 rings (SSSR count). The molecule has 1 aromatic carbocycles. The van der Waals surface area contributed by atoms with Gasteiger partial charge in [-0.05, 0) is 37.1 Å². The van der Waals surface area contributed by atoms with Gasteiger partial charge < -0.3 is 4.74 Å². The van der Waals surface area contributed by atoms with E-state index in [0.717, 1.165) is 30.6 Å². The molecule has 0 amide bonds. The van der Waals surface area contributed by atoms with E-state index in [-0.39, 0.29) is 0 Å². The minimum Gasteiger partial charge on any atom is -0.492 e. The fraction of sp³-hybridized carbons (Fsp3) is 0.357. The molecule has 104 valence electrons. The van der Waals surface area contributed by atoms with Gasteiger partial charge in [-0.3, -0.25) is 4.79 Å². The Morgan fingerprint density at radius 2 is 2.10 bits per heavy atom. The lowest BCUT2D eigenvalue weighted by Gasteiger charge is -2.08. The number of nitrogens with zero attached hydrogens (tertiary/aromatic N) is 3. The number of hydrogen-bond donors (Lipinski definition) is 0. The summed E-state index contributed by atoms with van der Waals surface area (Å²) in [7, 11) is 0. The van der Waals surface area contributed by atoms with Crippen molar-refractivity contribution in [2.75, 3.05) is 6.61 Å². The third-order valence-electron chi connectivity index (χ3n) is 3.26. The fourth-order valence-corrected chi connectivity index (χ4v) is 2.27. The van der Waals surface area contributed by atoms with Gasteiger partial charge in [0.25, 0.3) is 0 Å².